The second kappa shape index (κ2) is 6.94. The average Bonchev–Trinajstić information content (AvgIpc) is 3.36. The summed E-state index contributed by atoms with van der Waals surface area (Å²) in [6, 6.07) is 1.88. The van der Waals surface area contributed by atoms with E-state index in [1.807, 2.05) is 22.8 Å². The Balaban J connectivity index is 1.61. The Kier molecular flexibility index (Phi) is 4.61. The van der Waals surface area contributed by atoms with Crippen molar-refractivity contribution in [1.29, 1.82) is 0 Å². The highest BCUT2D eigenvalue weighted by Gasteiger charge is 2.37. The zero-order valence-corrected chi connectivity index (χ0v) is 16.3. The molecule has 0 aromatic carbocycles. The molecule has 7 nitrogen and oxygen atoms in total. The molecule has 27 heavy (non-hydrogen) atoms. The fourth-order valence-corrected chi connectivity index (χ4v) is 3.92. The zero-order valence-electron chi connectivity index (χ0n) is 16.3. The summed E-state index contributed by atoms with van der Waals surface area (Å²) in [5.41, 5.74) is 2.06. The van der Waals surface area contributed by atoms with Gasteiger partial charge in [-0.15, -0.1) is 0 Å². The van der Waals surface area contributed by atoms with E-state index in [1.54, 1.807) is 16.9 Å². The highest BCUT2D eigenvalue weighted by Crippen LogP contribution is 2.32. The molecule has 2 fully saturated rings. The minimum absolute atomic E-state index is 0.0613. The molecule has 0 bridgehead atoms. The summed E-state index contributed by atoms with van der Waals surface area (Å²) >= 11 is 0. The summed E-state index contributed by atoms with van der Waals surface area (Å²) in [5, 5.41) is 4.25. The molecule has 1 aliphatic heterocycles. The van der Waals surface area contributed by atoms with E-state index in [1.165, 1.54) is 12.8 Å². The van der Waals surface area contributed by atoms with Gasteiger partial charge in [-0.05, 0) is 31.6 Å². The summed E-state index contributed by atoms with van der Waals surface area (Å²) in [6.07, 6.45) is 6.13. The first-order valence-electron chi connectivity index (χ1n) is 9.83. The van der Waals surface area contributed by atoms with Crippen molar-refractivity contribution in [2.45, 2.75) is 46.1 Å². The molecule has 2 aliphatic rings. The predicted octanol–water partition coefficient (Wildman–Crippen LogP) is 2.15. The molecule has 0 spiro atoms. The number of nitrogens with zero attached hydrogens (tertiary/aromatic N) is 5. The van der Waals surface area contributed by atoms with Crippen LogP contribution in [0.2, 0.25) is 0 Å². The molecule has 2 aromatic rings. The fourth-order valence-electron chi connectivity index (χ4n) is 3.92. The van der Waals surface area contributed by atoms with Crippen LogP contribution < -0.4 is 0 Å². The van der Waals surface area contributed by atoms with Crippen molar-refractivity contribution >= 4 is 17.5 Å². The maximum Gasteiger partial charge on any atom is 0.257 e. The van der Waals surface area contributed by atoms with E-state index in [4.69, 9.17) is 0 Å². The van der Waals surface area contributed by atoms with Gasteiger partial charge in [0.15, 0.2) is 5.65 Å². The molecule has 4 rings (SSSR count). The van der Waals surface area contributed by atoms with Crippen molar-refractivity contribution < 1.29 is 9.59 Å². The number of carbonyl (C=O) groups is 2. The third kappa shape index (κ3) is 3.42. The number of rotatable bonds is 4. The van der Waals surface area contributed by atoms with Crippen LogP contribution in [0.1, 0.15) is 49.2 Å². The lowest BCUT2D eigenvalue weighted by Crippen LogP contribution is -2.48. The summed E-state index contributed by atoms with van der Waals surface area (Å²) in [5.74, 6) is 1.05. The van der Waals surface area contributed by atoms with Crippen molar-refractivity contribution in [2.75, 3.05) is 19.6 Å². The van der Waals surface area contributed by atoms with Gasteiger partial charge in [-0.2, -0.15) is 5.10 Å². The minimum atomic E-state index is -0.0656. The van der Waals surface area contributed by atoms with Crippen LogP contribution in [0.15, 0.2) is 18.5 Å². The normalized spacial score (nSPS) is 21.2. The Morgan fingerprint density at radius 3 is 2.81 bits per heavy atom. The molecule has 1 aliphatic carbocycles. The first kappa shape index (κ1) is 17.9. The van der Waals surface area contributed by atoms with Crippen LogP contribution >= 0.6 is 0 Å². The third-order valence-corrected chi connectivity index (χ3v) is 5.82. The molecule has 0 radical (unpaired) electrons. The van der Waals surface area contributed by atoms with E-state index >= 15 is 0 Å². The van der Waals surface area contributed by atoms with Crippen molar-refractivity contribution in [3.8, 4) is 0 Å². The van der Waals surface area contributed by atoms with Gasteiger partial charge in [0.1, 0.15) is 0 Å². The van der Waals surface area contributed by atoms with Crippen LogP contribution in [0.3, 0.4) is 0 Å². The molecule has 1 atom stereocenters. The second-order valence-electron chi connectivity index (χ2n) is 8.16. The second-order valence-corrected chi connectivity index (χ2v) is 8.16. The first-order valence-corrected chi connectivity index (χ1v) is 9.83. The topological polar surface area (TPSA) is 70.8 Å². The highest BCUT2D eigenvalue weighted by molar-refractivity contribution is 5.95. The summed E-state index contributed by atoms with van der Waals surface area (Å²) < 4.78 is 1.69. The molecule has 7 heteroatoms. The van der Waals surface area contributed by atoms with Gasteiger partial charge < -0.3 is 9.80 Å². The van der Waals surface area contributed by atoms with Gasteiger partial charge in [0, 0.05) is 38.3 Å². The van der Waals surface area contributed by atoms with Crippen molar-refractivity contribution in [3.63, 3.8) is 0 Å². The zero-order chi connectivity index (χ0) is 19.1. The summed E-state index contributed by atoms with van der Waals surface area (Å²) in [7, 11) is 0. The quantitative estimate of drug-likeness (QED) is 0.828. The Bertz CT molecular complexity index is 870. The van der Waals surface area contributed by atoms with Gasteiger partial charge in [-0.1, -0.05) is 13.8 Å². The number of hydrogen-bond acceptors (Lipinski definition) is 4. The van der Waals surface area contributed by atoms with Gasteiger partial charge in [0.05, 0.1) is 23.5 Å². The minimum Gasteiger partial charge on any atom is -0.337 e. The Morgan fingerprint density at radius 1 is 1.33 bits per heavy atom. The van der Waals surface area contributed by atoms with E-state index in [9.17, 15) is 9.59 Å². The van der Waals surface area contributed by atoms with E-state index < -0.39 is 0 Å². The maximum absolute atomic E-state index is 13.3. The first-order chi connectivity index (χ1) is 13.0. The number of fused-ring (bicyclic) bond motifs is 1. The molecule has 0 N–H and O–H groups in total. The smallest absolute Gasteiger partial charge is 0.257 e. The number of aryl methyl sites for hydroxylation is 1. The molecule has 2 aromatic heterocycles. The van der Waals surface area contributed by atoms with E-state index in [0.29, 0.717) is 36.9 Å². The van der Waals surface area contributed by atoms with Crippen LogP contribution in [0.4, 0.5) is 0 Å². The van der Waals surface area contributed by atoms with E-state index in [-0.39, 0.29) is 17.9 Å². The standard InChI is InChI=1S/C20H27N5O2/c1-13(2)17-12-23(9-7-19(26)24(17)11-15-4-5-15)20(27)16-10-21-18-6-8-22-25(18)14(16)3/h6,8,10,13,15,17H,4-5,7,9,11-12H2,1-3H3. The third-order valence-electron chi connectivity index (χ3n) is 5.82. The highest BCUT2D eigenvalue weighted by atomic mass is 16.2. The molecular weight excluding hydrogens is 342 g/mol. The molecule has 144 valence electrons. The van der Waals surface area contributed by atoms with Crippen LogP contribution in [0, 0.1) is 18.8 Å². The number of aromatic nitrogens is 3. The number of amides is 2. The van der Waals surface area contributed by atoms with Gasteiger partial charge in [0.25, 0.3) is 5.91 Å². The largest absolute Gasteiger partial charge is 0.337 e. The molecule has 2 amide bonds. The van der Waals surface area contributed by atoms with Crippen molar-refractivity contribution in [2.24, 2.45) is 11.8 Å². The van der Waals surface area contributed by atoms with E-state index in [2.05, 4.69) is 23.9 Å². The molecule has 1 saturated carbocycles. The average molecular weight is 369 g/mol. The van der Waals surface area contributed by atoms with Crippen LogP contribution in [-0.4, -0.2) is 61.9 Å². The van der Waals surface area contributed by atoms with Crippen LogP contribution in [0.5, 0.6) is 0 Å². The SMILES string of the molecule is Cc1c(C(=O)N2CCC(=O)N(CC3CC3)C(C(C)C)C2)cnc2ccnn12. The monoisotopic (exact) mass is 369 g/mol. The van der Waals surface area contributed by atoms with Gasteiger partial charge in [-0.25, -0.2) is 9.50 Å². The lowest BCUT2D eigenvalue weighted by Gasteiger charge is -2.35. The van der Waals surface area contributed by atoms with Gasteiger partial charge >= 0.3 is 0 Å². The molecular formula is C20H27N5O2. The Hall–Kier alpha value is -2.44. The molecule has 1 unspecified atom stereocenters. The van der Waals surface area contributed by atoms with Crippen LogP contribution in [0.25, 0.3) is 5.65 Å². The van der Waals surface area contributed by atoms with Crippen molar-refractivity contribution in [1.82, 2.24) is 24.4 Å². The lowest BCUT2D eigenvalue weighted by atomic mass is 10.0. The number of carbonyl (C=O) groups excluding carboxylic acids is 2. The van der Waals surface area contributed by atoms with Crippen LogP contribution in [-0.2, 0) is 4.79 Å². The van der Waals surface area contributed by atoms with Gasteiger partial charge in [-0.3, -0.25) is 9.59 Å². The molecule has 3 heterocycles. The summed E-state index contributed by atoms with van der Waals surface area (Å²) in [6.45, 7) is 8.02. The molecule has 1 saturated heterocycles. The Morgan fingerprint density at radius 2 is 2.11 bits per heavy atom. The van der Waals surface area contributed by atoms with Gasteiger partial charge in [0.2, 0.25) is 5.91 Å². The van der Waals surface area contributed by atoms with Crippen molar-refractivity contribution in [3.05, 3.63) is 29.7 Å². The predicted molar refractivity (Wildman–Crippen MR) is 101 cm³/mol. The Labute approximate surface area is 159 Å². The maximum atomic E-state index is 13.3. The summed E-state index contributed by atoms with van der Waals surface area (Å²) in [4.78, 5) is 34.3. The lowest BCUT2D eigenvalue weighted by molar-refractivity contribution is -0.133. The van der Waals surface area contributed by atoms with E-state index in [0.717, 1.165) is 17.9 Å². The number of hydrogen-bond donors (Lipinski definition) is 0. The fraction of sp³-hybridized carbons (Fsp3) is 0.600.